The number of amides is 1. The number of benzene rings is 2. The third kappa shape index (κ3) is 4.30. The van der Waals surface area contributed by atoms with Crippen LogP contribution in [-0.4, -0.2) is 34.9 Å². The molecule has 1 aliphatic carbocycles. The second-order valence-corrected chi connectivity index (χ2v) is 10.6. The van der Waals surface area contributed by atoms with Crippen LogP contribution in [-0.2, 0) is 21.2 Å². The van der Waals surface area contributed by atoms with Gasteiger partial charge in [0.15, 0.2) is 0 Å². The highest BCUT2D eigenvalue weighted by Gasteiger charge is 2.47. The Hall–Kier alpha value is -2.68. The summed E-state index contributed by atoms with van der Waals surface area (Å²) in [5.41, 5.74) is 1.15. The van der Waals surface area contributed by atoms with Gasteiger partial charge in [-0.2, -0.15) is 5.10 Å². The fourth-order valence-electron chi connectivity index (χ4n) is 4.32. The van der Waals surface area contributed by atoms with Gasteiger partial charge in [-0.15, -0.1) is 0 Å². The Kier molecular flexibility index (Phi) is 5.87. The molecule has 7 nitrogen and oxygen atoms in total. The number of rotatable bonds is 5. The number of halogens is 1. The second kappa shape index (κ2) is 8.35. The highest BCUT2D eigenvalue weighted by molar-refractivity contribution is 7.90. The van der Waals surface area contributed by atoms with E-state index in [4.69, 9.17) is 16.7 Å². The minimum Gasteiger partial charge on any atom is -0.350 e. The van der Waals surface area contributed by atoms with Gasteiger partial charge >= 0.3 is 0 Å². The SMILES string of the molecule is CC1C(S(N)(=O)=O)C(n2cc3ccccc3n2)=CCC1(C)NC(=O)Cc1ccccc1Cl. The third-order valence-electron chi connectivity index (χ3n) is 6.25. The molecule has 0 aliphatic heterocycles. The van der Waals surface area contributed by atoms with Crippen LogP contribution >= 0.6 is 11.6 Å². The summed E-state index contributed by atoms with van der Waals surface area (Å²) in [5, 5.41) is 13.6. The number of nitrogens with one attached hydrogen (secondary N) is 1. The maximum absolute atomic E-state index is 12.8. The summed E-state index contributed by atoms with van der Waals surface area (Å²) in [6.07, 6.45) is 4.13. The topological polar surface area (TPSA) is 107 Å². The smallest absolute Gasteiger partial charge is 0.224 e. The van der Waals surface area contributed by atoms with Crippen LogP contribution in [0.5, 0.6) is 0 Å². The molecule has 9 heteroatoms. The molecule has 4 rings (SSSR count). The van der Waals surface area contributed by atoms with Crippen LogP contribution in [0.15, 0.2) is 60.8 Å². The normalized spacial score (nSPS) is 23.7. The molecular weight excluding hydrogens is 448 g/mol. The van der Waals surface area contributed by atoms with E-state index in [-0.39, 0.29) is 12.3 Å². The molecule has 32 heavy (non-hydrogen) atoms. The molecule has 1 amide bonds. The fourth-order valence-corrected chi connectivity index (χ4v) is 5.94. The number of carbonyl (C=O) groups is 1. The van der Waals surface area contributed by atoms with Crippen molar-refractivity contribution in [1.82, 2.24) is 15.1 Å². The van der Waals surface area contributed by atoms with E-state index < -0.39 is 26.7 Å². The fraction of sp³-hybridized carbons (Fsp3) is 0.304. The van der Waals surface area contributed by atoms with E-state index in [1.807, 2.05) is 37.3 Å². The number of primary sulfonamides is 1. The van der Waals surface area contributed by atoms with E-state index in [2.05, 4.69) is 10.4 Å². The lowest BCUT2D eigenvalue weighted by molar-refractivity contribution is -0.122. The molecule has 0 radical (unpaired) electrons. The summed E-state index contributed by atoms with van der Waals surface area (Å²) in [7, 11) is -3.98. The van der Waals surface area contributed by atoms with Crippen molar-refractivity contribution in [2.75, 3.05) is 0 Å². The van der Waals surface area contributed by atoms with Gasteiger partial charge in [-0.1, -0.05) is 61.0 Å². The largest absolute Gasteiger partial charge is 0.350 e. The maximum Gasteiger partial charge on any atom is 0.224 e. The Morgan fingerprint density at radius 2 is 1.94 bits per heavy atom. The Labute approximate surface area is 192 Å². The number of hydrogen-bond acceptors (Lipinski definition) is 4. The van der Waals surface area contributed by atoms with Crippen molar-refractivity contribution in [3.05, 3.63) is 71.4 Å². The van der Waals surface area contributed by atoms with E-state index in [1.54, 1.807) is 42.1 Å². The van der Waals surface area contributed by atoms with Crippen LogP contribution in [0.25, 0.3) is 16.6 Å². The molecule has 2 aromatic carbocycles. The van der Waals surface area contributed by atoms with Crippen LogP contribution < -0.4 is 10.5 Å². The van der Waals surface area contributed by atoms with Crippen molar-refractivity contribution in [3.63, 3.8) is 0 Å². The zero-order valence-electron chi connectivity index (χ0n) is 17.8. The van der Waals surface area contributed by atoms with Gasteiger partial charge in [0.2, 0.25) is 15.9 Å². The minimum absolute atomic E-state index is 0.100. The Balaban J connectivity index is 1.65. The summed E-state index contributed by atoms with van der Waals surface area (Å²) in [6.45, 7) is 3.63. The first-order valence-corrected chi connectivity index (χ1v) is 12.3. The van der Waals surface area contributed by atoms with Gasteiger partial charge in [-0.25, -0.2) is 18.2 Å². The van der Waals surface area contributed by atoms with Crippen LogP contribution in [0.3, 0.4) is 0 Å². The Bertz CT molecular complexity index is 1280. The van der Waals surface area contributed by atoms with Crippen molar-refractivity contribution in [3.8, 4) is 0 Å². The lowest BCUT2D eigenvalue weighted by Gasteiger charge is -2.43. The van der Waals surface area contributed by atoms with Crippen molar-refractivity contribution < 1.29 is 13.2 Å². The standard InChI is InChI=1S/C23H25ClN4O3S/c1-15-22(32(25,30)31)20(28-14-17-8-4-6-10-19(17)27-28)11-12-23(15,2)26-21(29)13-16-7-3-5-9-18(16)24/h3-11,14-15,22H,12-13H2,1-2H3,(H,26,29)(H2,25,30,31). The van der Waals surface area contributed by atoms with Crippen LogP contribution in [0, 0.1) is 5.92 Å². The first kappa shape index (κ1) is 22.5. The molecular formula is C23H25ClN4O3S. The maximum atomic E-state index is 12.8. The average molecular weight is 473 g/mol. The molecule has 0 saturated carbocycles. The highest BCUT2D eigenvalue weighted by Crippen LogP contribution is 2.38. The molecule has 0 saturated heterocycles. The van der Waals surface area contributed by atoms with E-state index in [1.165, 1.54) is 0 Å². The van der Waals surface area contributed by atoms with Crippen LogP contribution in [0.2, 0.25) is 5.02 Å². The number of fused-ring (bicyclic) bond motifs is 1. The summed E-state index contributed by atoms with van der Waals surface area (Å²) in [5.74, 6) is -0.734. The lowest BCUT2D eigenvalue weighted by Crippen LogP contribution is -2.58. The lowest BCUT2D eigenvalue weighted by atomic mass is 9.76. The van der Waals surface area contributed by atoms with Crippen molar-refractivity contribution in [2.24, 2.45) is 11.1 Å². The van der Waals surface area contributed by atoms with E-state index >= 15 is 0 Å². The third-order valence-corrected chi connectivity index (χ3v) is 7.98. The molecule has 3 atom stereocenters. The highest BCUT2D eigenvalue weighted by atomic mass is 35.5. The van der Waals surface area contributed by atoms with E-state index in [0.717, 1.165) is 10.9 Å². The van der Waals surface area contributed by atoms with Gasteiger partial charge in [-0.3, -0.25) is 4.79 Å². The van der Waals surface area contributed by atoms with Crippen LogP contribution in [0.4, 0.5) is 0 Å². The summed E-state index contributed by atoms with van der Waals surface area (Å²) in [6, 6.07) is 14.7. The molecule has 0 fully saturated rings. The molecule has 1 heterocycles. The summed E-state index contributed by atoms with van der Waals surface area (Å²) >= 11 is 6.18. The molecule has 0 spiro atoms. The van der Waals surface area contributed by atoms with Gasteiger partial charge in [-0.05, 0) is 31.0 Å². The van der Waals surface area contributed by atoms with Gasteiger partial charge in [0.05, 0.1) is 17.6 Å². The molecule has 3 unspecified atom stereocenters. The number of sulfonamides is 1. The predicted octanol–water partition coefficient (Wildman–Crippen LogP) is 3.35. The van der Waals surface area contributed by atoms with Crippen molar-refractivity contribution in [2.45, 2.75) is 37.5 Å². The summed E-state index contributed by atoms with van der Waals surface area (Å²) in [4.78, 5) is 12.8. The Morgan fingerprint density at radius 3 is 2.62 bits per heavy atom. The number of nitrogens with two attached hydrogens (primary N) is 1. The molecule has 3 aromatic rings. The van der Waals surface area contributed by atoms with Gasteiger partial charge < -0.3 is 5.32 Å². The first-order chi connectivity index (χ1) is 15.1. The van der Waals surface area contributed by atoms with Gasteiger partial charge in [0.25, 0.3) is 0 Å². The van der Waals surface area contributed by atoms with E-state index in [0.29, 0.717) is 22.7 Å². The van der Waals surface area contributed by atoms with Crippen molar-refractivity contribution >= 4 is 44.1 Å². The first-order valence-electron chi connectivity index (χ1n) is 10.3. The van der Waals surface area contributed by atoms with Crippen molar-refractivity contribution in [1.29, 1.82) is 0 Å². The van der Waals surface area contributed by atoms with Crippen LogP contribution in [0.1, 0.15) is 25.8 Å². The molecule has 1 aliphatic rings. The molecule has 1 aromatic heterocycles. The molecule has 168 valence electrons. The average Bonchev–Trinajstić information content (AvgIpc) is 3.15. The van der Waals surface area contributed by atoms with E-state index in [9.17, 15) is 13.2 Å². The second-order valence-electron chi connectivity index (χ2n) is 8.50. The predicted molar refractivity (Wildman–Crippen MR) is 126 cm³/mol. The number of aromatic nitrogens is 2. The molecule has 3 N–H and O–H groups in total. The number of hydrogen-bond donors (Lipinski definition) is 2. The zero-order valence-corrected chi connectivity index (χ0v) is 19.4. The summed E-state index contributed by atoms with van der Waals surface area (Å²) < 4.78 is 26.9. The number of carbonyl (C=O) groups excluding carboxylic acids is 1. The quantitative estimate of drug-likeness (QED) is 0.593. The number of nitrogens with zero attached hydrogens (tertiary/aromatic N) is 2. The van der Waals surface area contributed by atoms with Gasteiger partial charge in [0, 0.05) is 28.1 Å². The molecule has 0 bridgehead atoms. The minimum atomic E-state index is -3.98. The monoisotopic (exact) mass is 472 g/mol. The van der Waals surface area contributed by atoms with Gasteiger partial charge in [0.1, 0.15) is 5.25 Å². The Morgan fingerprint density at radius 1 is 1.25 bits per heavy atom. The zero-order chi connectivity index (χ0) is 23.1.